The summed E-state index contributed by atoms with van der Waals surface area (Å²) in [7, 11) is 0. The van der Waals surface area contributed by atoms with Crippen molar-refractivity contribution in [1.82, 2.24) is 4.98 Å². The molecular weight excluding hydrogens is 508 g/mol. The van der Waals surface area contributed by atoms with Crippen LogP contribution in [-0.4, -0.2) is 37.9 Å². The number of alkyl halides is 3. The van der Waals surface area contributed by atoms with Crippen molar-refractivity contribution in [3.05, 3.63) is 20.5 Å². The van der Waals surface area contributed by atoms with E-state index in [4.69, 9.17) is 16.3 Å². The molecule has 1 aromatic rings. The maximum absolute atomic E-state index is 12.6. The van der Waals surface area contributed by atoms with Crippen LogP contribution < -0.4 is 4.74 Å². The summed E-state index contributed by atoms with van der Waals surface area (Å²) in [5.74, 6) is 0.0769. The van der Waals surface area contributed by atoms with Gasteiger partial charge in [-0.25, -0.2) is 4.98 Å². The zero-order chi connectivity index (χ0) is 20.3. The molecule has 2 unspecified atom stereocenters. The molecule has 1 heterocycles. The second-order valence-corrected chi connectivity index (χ2v) is 9.68. The lowest BCUT2D eigenvalue weighted by Crippen LogP contribution is -2.28. The fourth-order valence-electron chi connectivity index (χ4n) is 1.53. The Morgan fingerprint density at radius 3 is 2.46 bits per heavy atom. The lowest BCUT2D eigenvalue weighted by Gasteiger charge is -2.19. The summed E-state index contributed by atoms with van der Waals surface area (Å²) in [6.45, 7) is 7.14. The summed E-state index contributed by atoms with van der Waals surface area (Å²) >= 11 is 6.20. The average molecular weight is 527 g/mol. The Morgan fingerprint density at radius 1 is 1.46 bits per heavy atom. The molecule has 0 aromatic carbocycles. The van der Waals surface area contributed by atoms with Gasteiger partial charge in [-0.1, -0.05) is 22.9 Å². The highest BCUT2D eigenvalue weighted by Crippen LogP contribution is 2.36. The van der Waals surface area contributed by atoms with E-state index in [0.717, 1.165) is 6.07 Å². The topological polar surface area (TPSA) is 77.8 Å². The average Bonchev–Trinajstić information content (AvgIpc) is 2.49. The molecule has 148 valence electrons. The van der Waals surface area contributed by atoms with Crippen LogP contribution >= 0.6 is 34.2 Å². The Bertz CT molecular complexity index is 646. The quantitative estimate of drug-likeness (QED) is 0.254. The molecular formula is C15H19ClF3IN2O3S. The predicted molar refractivity (Wildman–Crippen MR) is 104 cm³/mol. The summed E-state index contributed by atoms with van der Waals surface area (Å²) in [5.41, 5.74) is -0.0954. The van der Waals surface area contributed by atoms with Crippen molar-refractivity contribution in [2.24, 2.45) is 4.40 Å². The van der Waals surface area contributed by atoms with Crippen molar-refractivity contribution >= 4 is 51.3 Å². The van der Waals surface area contributed by atoms with E-state index in [1.54, 1.807) is 43.4 Å². The third kappa shape index (κ3) is 6.70. The van der Waals surface area contributed by atoms with E-state index in [2.05, 4.69) is 9.38 Å². The van der Waals surface area contributed by atoms with Gasteiger partial charge in [-0.3, -0.25) is 0 Å². The number of aliphatic hydroxyl groups is 1. The van der Waals surface area contributed by atoms with Gasteiger partial charge in [0, 0.05) is 0 Å². The number of hydrogen-bond acceptors (Lipinski definition) is 5. The monoisotopic (exact) mass is 526 g/mol. The van der Waals surface area contributed by atoms with E-state index in [1.807, 2.05) is 6.92 Å². The van der Waals surface area contributed by atoms with Crippen LogP contribution in [0.5, 0.6) is 5.75 Å². The second-order valence-electron chi connectivity index (χ2n) is 6.25. The van der Waals surface area contributed by atoms with Crippen LogP contribution in [0, 0.1) is 3.57 Å². The first kappa shape index (κ1) is 23.7. The van der Waals surface area contributed by atoms with Gasteiger partial charge in [-0.15, -0.1) is 0 Å². The molecule has 0 radical (unpaired) electrons. The molecule has 0 spiro atoms. The standard InChI is InChI=1S/C15H19ClF3IN2O3S/c1-5-8(22-26(24)14(2,3)4)7-25-11-9(20)6-10(21-13(11)16)12(23)15(17,18)19/h6,12,23H,5,7H2,1-4H3/b22-8-. The van der Waals surface area contributed by atoms with Crippen LogP contribution in [0.1, 0.15) is 45.9 Å². The predicted octanol–water partition coefficient (Wildman–Crippen LogP) is 4.63. The normalized spacial score (nSPS) is 15.7. The third-order valence-corrected chi connectivity index (χ3v) is 5.55. The molecule has 1 rings (SSSR count). The highest BCUT2D eigenvalue weighted by molar-refractivity contribution is 14.1. The molecule has 0 aliphatic carbocycles. The van der Waals surface area contributed by atoms with Crippen molar-refractivity contribution in [2.75, 3.05) is 6.61 Å². The van der Waals surface area contributed by atoms with Gasteiger partial charge in [0.1, 0.15) is 28.4 Å². The van der Waals surface area contributed by atoms with Crippen molar-refractivity contribution in [3.63, 3.8) is 0 Å². The summed E-state index contributed by atoms with van der Waals surface area (Å²) in [6.07, 6.45) is -7.10. The highest BCUT2D eigenvalue weighted by Gasteiger charge is 2.41. The molecule has 0 saturated heterocycles. The van der Waals surface area contributed by atoms with Crippen LogP contribution in [0.25, 0.3) is 0 Å². The van der Waals surface area contributed by atoms with Gasteiger partial charge in [0.25, 0.3) is 0 Å². The number of pyridine rings is 1. The summed E-state index contributed by atoms with van der Waals surface area (Å²) < 4.78 is 59.3. The minimum atomic E-state index is -4.85. The van der Waals surface area contributed by atoms with Crippen molar-refractivity contribution in [1.29, 1.82) is 0 Å². The smallest absolute Gasteiger partial charge is 0.420 e. The van der Waals surface area contributed by atoms with E-state index in [9.17, 15) is 22.8 Å². The minimum absolute atomic E-state index is 0.0309. The molecule has 0 bridgehead atoms. The van der Waals surface area contributed by atoms with Crippen molar-refractivity contribution < 1.29 is 27.6 Å². The number of aliphatic hydroxyl groups excluding tert-OH is 1. The van der Waals surface area contributed by atoms with Gasteiger partial charge < -0.3 is 14.4 Å². The second kappa shape index (κ2) is 9.26. The molecule has 0 aliphatic heterocycles. The van der Waals surface area contributed by atoms with Crippen LogP contribution in [0.3, 0.4) is 0 Å². The van der Waals surface area contributed by atoms with Gasteiger partial charge in [0.2, 0.25) is 0 Å². The fourth-order valence-corrected chi connectivity index (χ4v) is 3.36. The molecule has 1 aromatic heterocycles. The Labute approximate surface area is 171 Å². The van der Waals surface area contributed by atoms with Crippen LogP contribution in [0.4, 0.5) is 13.2 Å². The molecule has 0 fully saturated rings. The summed E-state index contributed by atoms with van der Waals surface area (Å²) in [4.78, 5) is 3.57. The number of hydrogen-bond donors (Lipinski definition) is 1. The Kier molecular flexibility index (Phi) is 8.46. The molecule has 5 nitrogen and oxygen atoms in total. The summed E-state index contributed by atoms with van der Waals surface area (Å²) in [5, 5.41) is 8.98. The number of halogens is 5. The number of aromatic nitrogens is 1. The van der Waals surface area contributed by atoms with Crippen molar-refractivity contribution in [3.8, 4) is 5.75 Å². The maximum Gasteiger partial charge on any atom is 0.420 e. The molecule has 2 atom stereocenters. The van der Waals surface area contributed by atoms with Gasteiger partial charge in [-0.2, -0.15) is 13.2 Å². The van der Waals surface area contributed by atoms with E-state index in [-0.39, 0.29) is 21.1 Å². The zero-order valence-corrected chi connectivity index (χ0v) is 18.3. The first-order valence-electron chi connectivity index (χ1n) is 7.49. The number of ether oxygens (including phenoxy) is 1. The van der Waals surface area contributed by atoms with Crippen molar-refractivity contribution in [2.45, 2.75) is 51.1 Å². The Balaban J connectivity index is 2.99. The van der Waals surface area contributed by atoms with E-state index >= 15 is 0 Å². The molecule has 1 N–H and O–H groups in total. The van der Waals surface area contributed by atoms with E-state index in [0.29, 0.717) is 12.1 Å². The molecule has 0 amide bonds. The zero-order valence-electron chi connectivity index (χ0n) is 14.5. The SMILES string of the molecule is CC/C(COc1c(I)cc(C(O)C(F)(F)F)nc1Cl)=N/[S+]([O-])C(C)(C)C. The third-order valence-electron chi connectivity index (χ3n) is 3.02. The fraction of sp³-hybridized carbons (Fsp3) is 0.600. The first-order chi connectivity index (χ1) is 11.8. The first-order valence-corrected chi connectivity index (χ1v) is 10.1. The Hall–Kier alpha value is -0.300. The molecule has 0 saturated carbocycles. The lowest BCUT2D eigenvalue weighted by atomic mass is 10.2. The van der Waals surface area contributed by atoms with E-state index in [1.165, 1.54) is 0 Å². The van der Waals surface area contributed by atoms with E-state index < -0.39 is 34.1 Å². The highest BCUT2D eigenvalue weighted by atomic mass is 127. The summed E-state index contributed by atoms with van der Waals surface area (Å²) in [6, 6.07) is 1.05. The van der Waals surface area contributed by atoms with Crippen LogP contribution in [0.15, 0.2) is 10.5 Å². The molecule has 0 aliphatic rings. The maximum atomic E-state index is 12.6. The number of rotatable bonds is 6. The largest absolute Gasteiger partial charge is 0.591 e. The minimum Gasteiger partial charge on any atom is -0.591 e. The van der Waals surface area contributed by atoms with Gasteiger partial charge >= 0.3 is 6.18 Å². The van der Waals surface area contributed by atoms with Crippen LogP contribution in [-0.2, 0) is 11.4 Å². The van der Waals surface area contributed by atoms with Gasteiger partial charge in [-0.05, 0) is 55.8 Å². The molecule has 26 heavy (non-hydrogen) atoms. The van der Waals surface area contributed by atoms with Gasteiger partial charge in [0.05, 0.1) is 9.26 Å². The Morgan fingerprint density at radius 2 is 2.04 bits per heavy atom. The van der Waals surface area contributed by atoms with Crippen LogP contribution in [0.2, 0.25) is 5.15 Å². The van der Waals surface area contributed by atoms with Gasteiger partial charge in [0.15, 0.2) is 17.0 Å². The molecule has 11 heteroatoms. The number of nitrogens with zero attached hydrogens (tertiary/aromatic N) is 2. The lowest BCUT2D eigenvalue weighted by molar-refractivity contribution is -0.208.